The molecule has 5 heteroatoms. The van der Waals surface area contributed by atoms with E-state index in [1.165, 1.54) is 0 Å². The van der Waals surface area contributed by atoms with E-state index in [2.05, 4.69) is 165 Å². The fourth-order valence-electron chi connectivity index (χ4n) is 10.9. The minimum Gasteiger partial charge on any atom is -0.307 e. The first-order valence-corrected chi connectivity index (χ1v) is 23.8. The average Bonchev–Trinajstić information content (AvgIpc) is 4.33. The lowest BCUT2D eigenvalue weighted by atomic mass is 10.0. The molecule has 0 radical (unpaired) electrons. The minimum absolute atomic E-state index is 0.160. The van der Waals surface area contributed by atoms with Crippen molar-refractivity contribution in [3.8, 4) is 62.1 Å². The van der Waals surface area contributed by atoms with Crippen LogP contribution in [0.2, 0.25) is 0 Å². The van der Waals surface area contributed by atoms with Crippen LogP contribution in [0.4, 0.5) is 0 Å². The highest BCUT2D eigenvalue weighted by molar-refractivity contribution is 6.14. The molecular formula is C66H45N5. The summed E-state index contributed by atoms with van der Waals surface area (Å²) in [5.74, 6) is 0.573. The van der Waals surface area contributed by atoms with Gasteiger partial charge in [-0.1, -0.05) is 181 Å². The Morgan fingerprint density at radius 2 is 0.676 bits per heavy atom. The summed E-state index contributed by atoms with van der Waals surface area (Å²) >= 11 is 0. The summed E-state index contributed by atoms with van der Waals surface area (Å²) in [6.07, 6.45) is 0. The molecule has 0 atom stereocenters. The van der Waals surface area contributed by atoms with Crippen molar-refractivity contribution in [1.29, 1.82) is 0 Å². The molecule has 5 nitrogen and oxygen atoms in total. The number of rotatable bonds is 7. The van der Waals surface area contributed by atoms with Gasteiger partial charge in [0.25, 0.3) is 0 Å². The highest BCUT2D eigenvalue weighted by atomic mass is 15.1. The van der Waals surface area contributed by atoms with Crippen molar-refractivity contribution < 1.29 is 8.22 Å². The number of hydrogen-bond acceptors (Lipinski definition) is 2. The SMILES string of the molecule is [2H]C([2H])([2H])c1ccc2c(c1)c1cc(C([2H])([2H])[2H])ccc1n2-c1c(-n2c3ccccc3c3ccccc32)cc(-c2cc(-c3ccc(-c4ccccc4)cc3)nc(-c3ccccc3)n2)cc1-n1c2ccccc2c2ccccc21. The first-order chi connectivity index (χ1) is 37.5. The topological polar surface area (TPSA) is 40.6 Å². The molecule has 14 rings (SSSR count). The van der Waals surface area contributed by atoms with Crippen LogP contribution in [-0.4, -0.2) is 23.7 Å². The van der Waals surface area contributed by atoms with Crippen molar-refractivity contribution in [2.75, 3.05) is 0 Å². The molecule has 0 N–H and O–H groups in total. The predicted molar refractivity (Wildman–Crippen MR) is 296 cm³/mol. The molecule has 71 heavy (non-hydrogen) atoms. The van der Waals surface area contributed by atoms with Crippen molar-refractivity contribution in [1.82, 2.24) is 23.7 Å². The van der Waals surface area contributed by atoms with Crippen LogP contribution < -0.4 is 0 Å². The smallest absolute Gasteiger partial charge is 0.160 e. The van der Waals surface area contributed by atoms with Gasteiger partial charge in [0.15, 0.2) is 5.82 Å². The lowest BCUT2D eigenvalue weighted by Crippen LogP contribution is -2.10. The van der Waals surface area contributed by atoms with Crippen LogP contribution >= 0.6 is 0 Å². The zero-order chi connectivity index (χ0) is 52.2. The average molecular weight is 914 g/mol. The Morgan fingerprint density at radius 1 is 0.296 bits per heavy atom. The number of nitrogens with zero attached hydrogens (tertiary/aromatic N) is 5. The van der Waals surface area contributed by atoms with Crippen LogP contribution in [0.25, 0.3) is 128 Å². The third kappa shape index (κ3) is 6.54. The van der Waals surface area contributed by atoms with Gasteiger partial charge in [-0.05, 0) is 91.6 Å². The summed E-state index contributed by atoms with van der Waals surface area (Å²) in [6, 6.07) is 79.7. The van der Waals surface area contributed by atoms with E-state index < -0.39 is 13.7 Å². The second kappa shape index (κ2) is 16.2. The molecule has 10 aromatic carbocycles. The number of fused-ring (bicyclic) bond motifs is 9. The number of para-hydroxylation sites is 4. The van der Waals surface area contributed by atoms with Crippen LogP contribution in [-0.2, 0) is 0 Å². The molecule has 0 saturated carbocycles. The number of aryl methyl sites for hydroxylation is 2. The Labute approximate surface area is 419 Å². The van der Waals surface area contributed by atoms with Gasteiger partial charge in [-0.3, -0.25) is 0 Å². The van der Waals surface area contributed by atoms with Gasteiger partial charge in [0.1, 0.15) is 0 Å². The van der Waals surface area contributed by atoms with Gasteiger partial charge >= 0.3 is 0 Å². The fourth-order valence-corrected chi connectivity index (χ4v) is 10.9. The van der Waals surface area contributed by atoms with E-state index in [0.717, 1.165) is 94.2 Å². The van der Waals surface area contributed by atoms with E-state index in [1.54, 1.807) is 24.3 Å². The van der Waals surface area contributed by atoms with Crippen LogP contribution in [0.1, 0.15) is 19.4 Å². The van der Waals surface area contributed by atoms with Gasteiger partial charge in [-0.15, -0.1) is 0 Å². The maximum absolute atomic E-state index is 8.54. The standard InChI is InChI=1S/C66H45N5/c1-42-29-35-61-53(37-42)54-38-43(2)30-36-62(54)71(61)65-63(69-57-25-13-9-21-49(57)50-22-10-14-26-58(50)69)39-48(40-64(65)70-59-27-15-11-23-51(59)52-24-12-16-28-60(52)70)56-41-55(67-66(68-56)47-19-7-4-8-20-47)46-33-31-45(32-34-46)44-17-5-3-6-18-44/h3-41H,1-2H3/i1D3,2D3. The van der Waals surface area contributed by atoms with Gasteiger partial charge in [-0.25, -0.2) is 9.97 Å². The molecule has 4 aromatic heterocycles. The highest BCUT2D eigenvalue weighted by Crippen LogP contribution is 2.45. The third-order valence-corrected chi connectivity index (χ3v) is 14.0. The molecular weight excluding hydrogens is 863 g/mol. The molecule has 334 valence electrons. The van der Waals surface area contributed by atoms with Gasteiger partial charge in [0.05, 0.1) is 61.6 Å². The fraction of sp³-hybridized carbons (Fsp3) is 0.0303. The van der Waals surface area contributed by atoms with Crippen molar-refractivity contribution in [2.24, 2.45) is 0 Å². The molecule has 0 spiro atoms. The number of hydrogen-bond donors (Lipinski definition) is 0. The number of aromatic nitrogens is 5. The zero-order valence-corrected chi connectivity index (χ0v) is 38.3. The number of benzene rings is 10. The van der Waals surface area contributed by atoms with Crippen molar-refractivity contribution in [2.45, 2.75) is 13.7 Å². The molecule has 0 saturated heterocycles. The summed E-state index contributed by atoms with van der Waals surface area (Å²) in [6.45, 7) is -4.85. The van der Waals surface area contributed by atoms with E-state index in [-0.39, 0.29) is 11.1 Å². The normalized spacial score (nSPS) is 13.4. The minimum atomic E-state index is -2.42. The van der Waals surface area contributed by atoms with Gasteiger partial charge < -0.3 is 13.7 Å². The lowest BCUT2D eigenvalue weighted by molar-refractivity contribution is 1.05. The Hall–Kier alpha value is -9.32. The highest BCUT2D eigenvalue weighted by Gasteiger charge is 2.27. The second-order valence-electron chi connectivity index (χ2n) is 18.2. The molecule has 0 aliphatic heterocycles. The summed E-state index contributed by atoms with van der Waals surface area (Å²) in [5, 5.41) is 5.52. The Balaban J connectivity index is 1.17. The molecule has 0 fully saturated rings. The Morgan fingerprint density at radius 3 is 1.14 bits per heavy atom. The summed E-state index contributed by atoms with van der Waals surface area (Å²) in [7, 11) is 0. The summed E-state index contributed by atoms with van der Waals surface area (Å²) in [4.78, 5) is 10.8. The summed E-state index contributed by atoms with van der Waals surface area (Å²) in [5.41, 5.74) is 14.3. The van der Waals surface area contributed by atoms with Crippen molar-refractivity contribution in [3.63, 3.8) is 0 Å². The van der Waals surface area contributed by atoms with Crippen molar-refractivity contribution in [3.05, 3.63) is 248 Å². The molecule has 0 unspecified atom stereocenters. The van der Waals surface area contributed by atoms with Gasteiger partial charge in [0.2, 0.25) is 0 Å². The van der Waals surface area contributed by atoms with E-state index in [4.69, 9.17) is 18.2 Å². The van der Waals surface area contributed by atoms with Crippen LogP contribution in [0, 0.1) is 13.7 Å². The van der Waals surface area contributed by atoms with E-state index >= 15 is 0 Å². The van der Waals surface area contributed by atoms with Crippen LogP contribution in [0.15, 0.2) is 237 Å². The third-order valence-electron chi connectivity index (χ3n) is 14.0. The molecule has 0 amide bonds. The van der Waals surface area contributed by atoms with Crippen LogP contribution in [0.5, 0.6) is 0 Å². The zero-order valence-electron chi connectivity index (χ0n) is 44.3. The van der Waals surface area contributed by atoms with Crippen LogP contribution in [0.3, 0.4) is 0 Å². The Kier molecular flexibility index (Phi) is 7.94. The monoisotopic (exact) mass is 913 g/mol. The van der Waals surface area contributed by atoms with Gasteiger partial charge in [-0.2, -0.15) is 0 Å². The molecule has 4 heterocycles. The van der Waals surface area contributed by atoms with E-state index in [0.29, 0.717) is 33.3 Å². The quantitative estimate of drug-likeness (QED) is 0.160. The molecule has 14 aromatic rings. The lowest BCUT2D eigenvalue weighted by Gasteiger charge is -2.24. The first kappa shape index (κ1) is 34.9. The predicted octanol–water partition coefficient (Wildman–Crippen LogP) is 17.1. The van der Waals surface area contributed by atoms with E-state index in [1.807, 2.05) is 60.7 Å². The second-order valence-corrected chi connectivity index (χ2v) is 18.2. The molecule has 0 aliphatic rings. The molecule has 0 aliphatic carbocycles. The summed E-state index contributed by atoms with van der Waals surface area (Å²) < 4.78 is 58.1. The van der Waals surface area contributed by atoms with Gasteiger partial charge in [0, 0.05) is 57.2 Å². The largest absolute Gasteiger partial charge is 0.307 e. The Bertz CT molecular complexity index is 4330. The van der Waals surface area contributed by atoms with Crippen molar-refractivity contribution >= 4 is 65.4 Å². The van der Waals surface area contributed by atoms with E-state index in [9.17, 15) is 0 Å². The maximum Gasteiger partial charge on any atom is 0.160 e. The molecule has 0 bridgehead atoms. The maximum atomic E-state index is 8.54. The first-order valence-electron chi connectivity index (χ1n) is 26.8.